The van der Waals surface area contributed by atoms with Crippen molar-refractivity contribution in [1.29, 1.82) is 0 Å². The van der Waals surface area contributed by atoms with Gasteiger partial charge in [-0.1, -0.05) is 6.07 Å². The van der Waals surface area contributed by atoms with Crippen LogP contribution < -0.4 is 4.74 Å². The van der Waals surface area contributed by atoms with Gasteiger partial charge in [0.2, 0.25) is 12.0 Å². The molecule has 10 N–H and O–H groups in total. The first-order valence-corrected chi connectivity index (χ1v) is 13.1. The van der Waals surface area contributed by atoms with Gasteiger partial charge in [0.05, 0.1) is 11.6 Å². The number of aliphatic hydroxyl groups is 3. The van der Waals surface area contributed by atoms with E-state index in [-0.39, 0.29) is 39.5 Å². The molecule has 15 nitrogen and oxygen atoms in total. The van der Waals surface area contributed by atoms with Gasteiger partial charge in [0.15, 0.2) is 28.7 Å². The summed E-state index contributed by atoms with van der Waals surface area (Å²) in [6.45, 7) is -0.621. The first-order chi connectivity index (χ1) is 21.3. The maximum absolute atomic E-state index is 12.3. The second kappa shape index (κ2) is 12.3. The van der Waals surface area contributed by atoms with Crippen LogP contribution in [0.5, 0.6) is 46.0 Å². The molecular formula is C30H27O15+. The molecule has 2 heterocycles. The lowest BCUT2D eigenvalue weighted by Gasteiger charge is -2.39. The first-order valence-electron chi connectivity index (χ1n) is 13.1. The zero-order valence-electron chi connectivity index (χ0n) is 22.9. The van der Waals surface area contributed by atoms with Gasteiger partial charge >= 0.3 is 17.3 Å². The third-order valence-corrected chi connectivity index (χ3v) is 6.86. The van der Waals surface area contributed by atoms with Gasteiger partial charge in [0.1, 0.15) is 47.9 Å². The Labute approximate surface area is 252 Å². The van der Waals surface area contributed by atoms with Crippen LogP contribution in [0.15, 0.2) is 59.0 Å². The number of ether oxygens (including phenoxy) is 3. The van der Waals surface area contributed by atoms with E-state index in [2.05, 4.69) is 0 Å². The number of aromatic hydroxyl groups is 7. The van der Waals surface area contributed by atoms with Crippen molar-refractivity contribution < 1.29 is 74.5 Å². The van der Waals surface area contributed by atoms with Gasteiger partial charge in [0.25, 0.3) is 0 Å². The van der Waals surface area contributed by atoms with Crippen molar-refractivity contribution >= 4 is 23.0 Å². The molecule has 0 saturated carbocycles. The number of phenolic OH excluding ortho intramolecular Hbond substituents is 7. The van der Waals surface area contributed by atoms with Crippen LogP contribution in [0, 0.1) is 0 Å². The van der Waals surface area contributed by atoms with Crippen LogP contribution in [0.3, 0.4) is 0 Å². The van der Waals surface area contributed by atoms with Crippen molar-refractivity contribution in [3.05, 3.63) is 60.2 Å². The van der Waals surface area contributed by atoms with Crippen molar-refractivity contribution in [2.24, 2.45) is 0 Å². The molecular weight excluding hydrogens is 600 g/mol. The van der Waals surface area contributed by atoms with Crippen LogP contribution in [0.25, 0.3) is 28.4 Å². The van der Waals surface area contributed by atoms with Crippen molar-refractivity contribution in [3.8, 4) is 57.3 Å². The van der Waals surface area contributed by atoms with Gasteiger partial charge in [-0.15, -0.1) is 0 Å². The summed E-state index contributed by atoms with van der Waals surface area (Å²) in [6.07, 6.45) is -6.41. The van der Waals surface area contributed by atoms with Crippen molar-refractivity contribution in [3.63, 3.8) is 0 Å². The van der Waals surface area contributed by atoms with E-state index in [1.54, 1.807) is 0 Å². The van der Waals surface area contributed by atoms with Gasteiger partial charge in [-0.25, -0.2) is 9.21 Å². The topological polar surface area (TPSA) is 258 Å². The van der Waals surface area contributed by atoms with Crippen molar-refractivity contribution in [2.75, 3.05) is 6.61 Å². The van der Waals surface area contributed by atoms with Gasteiger partial charge in [-0.2, -0.15) is 0 Å². The monoisotopic (exact) mass is 627 g/mol. The van der Waals surface area contributed by atoms with Crippen LogP contribution in [-0.4, -0.2) is 94.3 Å². The van der Waals surface area contributed by atoms with E-state index in [0.717, 1.165) is 30.3 Å². The molecule has 0 spiro atoms. The molecule has 1 saturated heterocycles. The number of benzene rings is 3. The first kappa shape index (κ1) is 31.0. The fourth-order valence-electron chi connectivity index (χ4n) is 4.51. The summed E-state index contributed by atoms with van der Waals surface area (Å²) in [4.78, 5) is 12.3. The second-order valence-electron chi connectivity index (χ2n) is 10.0. The zero-order chi connectivity index (χ0) is 32.6. The van der Waals surface area contributed by atoms with Crippen molar-refractivity contribution in [2.45, 2.75) is 30.7 Å². The number of esters is 1. The Morgan fingerprint density at radius 1 is 0.800 bits per heavy atom. The summed E-state index contributed by atoms with van der Waals surface area (Å²) >= 11 is 0. The lowest BCUT2D eigenvalue weighted by molar-refractivity contribution is -0.278. The molecule has 3 aromatic carbocycles. The fraction of sp³-hybridized carbons (Fsp3) is 0.200. The van der Waals surface area contributed by atoms with Gasteiger partial charge in [0, 0.05) is 30.3 Å². The number of hydrogen-bond acceptors (Lipinski definition) is 14. The van der Waals surface area contributed by atoms with Gasteiger partial charge in [-0.3, -0.25) is 0 Å². The normalized spacial score (nSPS) is 21.6. The number of carbonyl (C=O) groups excluding carboxylic acids is 1. The standard InChI is InChI=1S/C30H26O15/c31-14-8-17(33)15-10-22(29(43-21(15)9-14)13-6-19(35)25(38)20(36)7-13)44-30-28(41)27(40)26(39)23(45-30)11-42-24(37)4-2-12-1-3-16(32)18(34)5-12/h1-10,23,26-28,30,39-41H,11H2,(H6-,31,32,33,34,35,36,37,38)/p+1/t23-,26+,27+,28-,30-/m1/s1. The van der Waals surface area contributed by atoms with E-state index in [4.69, 9.17) is 18.6 Å². The summed E-state index contributed by atoms with van der Waals surface area (Å²) < 4.78 is 22.3. The molecule has 15 heteroatoms. The van der Waals surface area contributed by atoms with Crippen LogP contribution in [-0.2, 0) is 14.3 Å². The molecule has 0 amide bonds. The summed E-state index contributed by atoms with van der Waals surface area (Å²) in [6, 6.07) is 9.20. The number of carbonyl (C=O) groups is 1. The van der Waals surface area contributed by atoms with Gasteiger partial charge < -0.3 is 65.3 Å². The Morgan fingerprint density at radius 2 is 1.51 bits per heavy atom. The Kier molecular flexibility index (Phi) is 8.43. The van der Waals surface area contributed by atoms with Crippen LogP contribution >= 0.6 is 0 Å². The van der Waals surface area contributed by atoms with Crippen LogP contribution in [0.2, 0.25) is 0 Å². The fourth-order valence-corrected chi connectivity index (χ4v) is 4.51. The summed E-state index contributed by atoms with van der Waals surface area (Å²) in [5, 5.41) is 101. The van der Waals surface area contributed by atoms with Crippen molar-refractivity contribution in [1.82, 2.24) is 0 Å². The highest BCUT2D eigenvalue weighted by Gasteiger charge is 2.46. The van der Waals surface area contributed by atoms with E-state index in [9.17, 15) is 55.9 Å². The van der Waals surface area contributed by atoms with E-state index < -0.39 is 72.0 Å². The smallest absolute Gasteiger partial charge is 0.402 e. The lowest BCUT2D eigenvalue weighted by Crippen LogP contribution is -2.60. The largest absolute Gasteiger partial charge is 0.507 e. The molecule has 45 heavy (non-hydrogen) atoms. The molecule has 1 aliphatic rings. The summed E-state index contributed by atoms with van der Waals surface area (Å²) in [5.74, 6) is -5.33. The third-order valence-electron chi connectivity index (χ3n) is 6.86. The molecule has 5 rings (SSSR count). The highest BCUT2D eigenvalue weighted by atomic mass is 16.7. The third kappa shape index (κ3) is 6.41. The Morgan fingerprint density at radius 3 is 2.20 bits per heavy atom. The molecule has 5 atom stereocenters. The summed E-state index contributed by atoms with van der Waals surface area (Å²) in [7, 11) is 0. The molecule has 1 fully saturated rings. The molecule has 236 valence electrons. The average Bonchev–Trinajstić information content (AvgIpc) is 2.99. The number of rotatable bonds is 7. The Bertz CT molecular complexity index is 1760. The SMILES string of the molecule is O=C(/C=C/c1ccc(O)c(O)c1)OC[C@H]1O[C@@H](Oc2cc3c(O)cc(O)cc3[o+]c2-c2cc(O)c(O)c(O)c2)[C@H](O)[C@@H](O)[C@H]1O. The predicted molar refractivity (Wildman–Crippen MR) is 151 cm³/mol. The average molecular weight is 628 g/mol. The molecule has 0 aliphatic carbocycles. The Hall–Kier alpha value is -5.48. The maximum atomic E-state index is 12.3. The predicted octanol–water partition coefficient (Wildman–Crippen LogP) is 1.76. The molecule has 4 aromatic rings. The lowest BCUT2D eigenvalue weighted by atomic mass is 9.99. The second-order valence-corrected chi connectivity index (χ2v) is 10.0. The molecule has 0 radical (unpaired) electrons. The minimum absolute atomic E-state index is 0.00358. The number of aliphatic hydroxyl groups excluding tert-OH is 3. The van der Waals surface area contributed by atoms with E-state index in [1.165, 1.54) is 30.3 Å². The molecule has 0 bridgehead atoms. The minimum Gasteiger partial charge on any atom is -0.507 e. The van der Waals surface area contributed by atoms with Crippen LogP contribution in [0.1, 0.15) is 5.56 Å². The molecule has 0 unspecified atom stereocenters. The zero-order valence-corrected chi connectivity index (χ0v) is 22.9. The van der Waals surface area contributed by atoms with E-state index >= 15 is 0 Å². The van der Waals surface area contributed by atoms with E-state index in [0.29, 0.717) is 5.56 Å². The van der Waals surface area contributed by atoms with Gasteiger partial charge in [-0.05, 0) is 23.8 Å². The minimum atomic E-state index is -1.88. The number of phenols is 7. The number of hydrogen-bond donors (Lipinski definition) is 10. The Balaban J connectivity index is 1.41. The van der Waals surface area contributed by atoms with Crippen LogP contribution in [0.4, 0.5) is 0 Å². The highest BCUT2D eigenvalue weighted by Crippen LogP contribution is 2.45. The number of fused-ring (bicyclic) bond motifs is 1. The van der Waals surface area contributed by atoms with E-state index in [1.807, 2.05) is 0 Å². The molecule has 1 aromatic heterocycles. The highest BCUT2D eigenvalue weighted by molar-refractivity contribution is 5.89. The maximum Gasteiger partial charge on any atom is 0.402 e. The quantitative estimate of drug-likeness (QED) is 0.0606. The summed E-state index contributed by atoms with van der Waals surface area (Å²) in [5.41, 5.74) is 0.201. The molecule has 1 aliphatic heterocycles.